The molecule has 6 heteroatoms. The fourth-order valence-corrected chi connectivity index (χ4v) is 3.06. The number of rotatable bonds is 5. The molecule has 1 atom stereocenters. The standard InChI is InChI=1S/C15H16Cl2N2OS/c1-3-15(20)19-10-4-5-11(16)12(8-10)18-9(2)13-6-7-14(17)21-13/h4-9,18H,3H2,1-2H3,(H,19,20). The van der Waals surface area contributed by atoms with E-state index in [0.717, 1.165) is 20.6 Å². The van der Waals surface area contributed by atoms with E-state index in [-0.39, 0.29) is 11.9 Å². The number of amides is 1. The molecule has 2 aromatic rings. The van der Waals surface area contributed by atoms with Crippen LogP contribution in [0.4, 0.5) is 11.4 Å². The molecule has 0 aliphatic rings. The van der Waals surface area contributed by atoms with Crippen LogP contribution in [0.5, 0.6) is 0 Å². The van der Waals surface area contributed by atoms with Crippen LogP contribution >= 0.6 is 34.5 Å². The lowest BCUT2D eigenvalue weighted by Gasteiger charge is -2.16. The quantitative estimate of drug-likeness (QED) is 0.744. The molecule has 0 aliphatic heterocycles. The zero-order valence-corrected chi connectivity index (χ0v) is 14.1. The molecule has 2 N–H and O–H groups in total. The summed E-state index contributed by atoms with van der Waals surface area (Å²) in [4.78, 5) is 12.6. The second-order valence-corrected chi connectivity index (χ2v) is 6.76. The van der Waals surface area contributed by atoms with Crippen LogP contribution in [0.3, 0.4) is 0 Å². The lowest BCUT2D eigenvalue weighted by atomic mass is 10.2. The van der Waals surface area contributed by atoms with Gasteiger partial charge in [0.25, 0.3) is 0 Å². The average molecular weight is 343 g/mol. The molecule has 0 saturated carbocycles. The van der Waals surface area contributed by atoms with E-state index in [0.29, 0.717) is 11.4 Å². The average Bonchev–Trinajstić information content (AvgIpc) is 2.89. The van der Waals surface area contributed by atoms with Gasteiger partial charge in [-0.15, -0.1) is 11.3 Å². The molecule has 3 nitrogen and oxygen atoms in total. The van der Waals surface area contributed by atoms with Crippen LogP contribution in [0.25, 0.3) is 0 Å². The van der Waals surface area contributed by atoms with Crippen molar-refractivity contribution in [3.05, 3.63) is 44.6 Å². The Labute approximate surface area is 138 Å². The van der Waals surface area contributed by atoms with E-state index in [2.05, 4.69) is 10.6 Å². The Morgan fingerprint density at radius 2 is 2.05 bits per heavy atom. The lowest BCUT2D eigenvalue weighted by Crippen LogP contribution is -2.10. The number of carbonyl (C=O) groups is 1. The highest BCUT2D eigenvalue weighted by Crippen LogP contribution is 2.32. The van der Waals surface area contributed by atoms with Crippen LogP contribution in [0.1, 0.15) is 31.2 Å². The molecule has 0 saturated heterocycles. The molecular weight excluding hydrogens is 327 g/mol. The molecule has 0 fully saturated rings. The van der Waals surface area contributed by atoms with Gasteiger partial charge in [0.1, 0.15) is 0 Å². The Hall–Kier alpha value is -1.23. The molecule has 1 aromatic carbocycles. The zero-order valence-electron chi connectivity index (χ0n) is 11.7. The molecule has 1 heterocycles. The Morgan fingerprint density at radius 1 is 1.29 bits per heavy atom. The van der Waals surface area contributed by atoms with Gasteiger partial charge in [0, 0.05) is 17.0 Å². The predicted octanol–water partition coefficient (Wildman–Crippen LogP) is 5.58. The normalized spacial score (nSPS) is 12.0. The predicted molar refractivity (Wildman–Crippen MR) is 91.7 cm³/mol. The number of hydrogen-bond acceptors (Lipinski definition) is 3. The summed E-state index contributed by atoms with van der Waals surface area (Å²) in [5.41, 5.74) is 1.51. The van der Waals surface area contributed by atoms with E-state index in [1.165, 1.54) is 11.3 Å². The van der Waals surface area contributed by atoms with E-state index in [4.69, 9.17) is 23.2 Å². The first-order valence-corrected chi connectivity index (χ1v) is 8.18. The van der Waals surface area contributed by atoms with Crippen LogP contribution in [0.15, 0.2) is 30.3 Å². The van der Waals surface area contributed by atoms with Crippen molar-refractivity contribution in [3.63, 3.8) is 0 Å². The maximum absolute atomic E-state index is 11.4. The van der Waals surface area contributed by atoms with Gasteiger partial charge in [0.2, 0.25) is 5.91 Å². The number of carbonyl (C=O) groups excluding carboxylic acids is 1. The van der Waals surface area contributed by atoms with Crippen LogP contribution < -0.4 is 10.6 Å². The molecule has 0 bridgehead atoms. The summed E-state index contributed by atoms with van der Waals surface area (Å²) in [5, 5.41) is 6.77. The zero-order chi connectivity index (χ0) is 15.4. The fourth-order valence-electron chi connectivity index (χ4n) is 1.83. The van der Waals surface area contributed by atoms with Crippen LogP contribution in [-0.2, 0) is 4.79 Å². The van der Waals surface area contributed by atoms with Gasteiger partial charge < -0.3 is 10.6 Å². The Bertz CT molecular complexity index is 642. The Balaban J connectivity index is 2.15. The van der Waals surface area contributed by atoms with Crippen molar-refractivity contribution >= 4 is 51.8 Å². The van der Waals surface area contributed by atoms with E-state index >= 15 is 0 Å². The number of benzene rings is 1. The highest BCUT2D eigenvalue weighted by Gasteiger charge is 2.11. The van der Waals surface area contributed by atoms with Crippen molar-refractivity contribution in [1.82, 2.24) is 0 Å². The minimum atomic E-state index is -0.0265. The second-order valence-electron chi connectivity index (χ2n) is 4.60. The van der Waals surface area contributed by atoms with Gasteiger partial charge in [-0.3, -0.25) is 4.79 Å². The van der Waals surface area contributed by atoms with Gasteiger partial charge in [-0.2, -0.15) is 0 Å². The Kier molecular flexibility index (Phi) is 5.51. The molecular formula is C15H16Cl2N2OS. The van der Waals surface area contributed by atoms with Gasteiger partial charge >= 0.3 is 0 Å². The smallest absolute Gasteiger partial charge is 0.224 e. The summed E-state index contributed by atoms with van der Waals surface area (Å²) >= 11 is 13.7. The monoisotopic (exact) mass is 342 g/mol. The highest BCUT2D eigenvalue weighted by atomic mass is 35.5. The first kappa shape index (κ1) is 16.1. The molecule has 0 radical (unpaired) electrons. The molecule has 1 aromatic heterocycles. The molecule has 1 unspecified atom stereocenters. The van der Waals surface area contributed by atoms with Crippen molar-refractivity contribution in [2.45, 2.75) is 26.3 Å². The molecule has 2 rings (SSSR count). The van der Waals surface area contributed by atoms with E-state index < -0.39 is 0 Å². The topological polar surface area (TPSA) is 41.1 Å². The van der Waals surface area contributed by atoms with Crippen LogP contribution in [0.2, 0.25) is 9.36 Å². The third-order valence-corrected chi connectivity index (χ3v) is 4.71. The van der Waals surface area contributed by atoms with Gasteiger partial charge in [0.05, 0.1) is 21.1 Å². The Morgan fingerprint density at radius 3 is 2.67 bits per heavy atom. The van der Waals surface area contributed by atoms with Crippen molar-refractivity contribution in [3.8, 4) is 0 Å². The van der Waals surface area contributed by atoms with E-state index in [9.17, 15) is 4.79 Å². The summed E-state index contributed by atoms with van der Waals surface area (Å²) in [5.74, 6) is -0.0265. The largest absolute Gasteiger partial charge is 0.376 e. The number of halogens is 2. The van der Waals surface area contributed by atoms with Crippen molar-refractivity contribution < 1.29 is 4.79 Å². The molecule has 21 heavy (non-hydrogen) atoms. The first-order chi connectivity index (χ1) is 9.99. The number of anilines is 2. The highest BCUT2D eigenvalue weighted by molar-refractivity contribution is 7.16. The molecule has 112 valence electrons. The third kappa shape index (κ3) is 4.37. The summed E-state index contributed by atoms with van der Waals surface area (Å²) in [7, 11) is 0. The minimum Gasteiger partial charge on any atom is -0.376 e. The lowest BCUT2D eigenvalue weighted by molar-refractivity contribution is -0.115. The van der Waals surface area contributed by atoms with Crippen LogP contribution in [0, 0.1) is 0 Å². The molecule has 1 amide bonds. The number of hydrogen-bond donors (Lipinski definition) is 2. The summed E-state index contributed by atoms with van der Waals surface area (Å²) in [6.45, 7) is 3.85. The minimum absolute atomic E-state index is 0.0265. The van der Waals surface area contributed by atoms with Crippen molar-refractivity contribution in [2.24, 2.45) is 0 Å². The number of nitrogens with one attached hydrogen (secondary N) is 2. The maximum atomic E-state index is 11.4. The van der Waals surface area contributed by atoms with Gasteiger partial charge in [-0.25, -0.2) is 0 Å². The third-order valence-electron chi connectivity index (χ3n) is 2.96. The summed E-state index contributed by atoms with van der Waals surface area (Å²) in [6.07, 6.45) is 0.440. The summed E-state index contributed by atoms with van der Waals surface area (Å²) < 4.78 is 0.758. The fraction of sp³-hybridized carbons (Fsp3) is 0.267. The van der Waals surface area contributed by atoms with Crippen LogP contribution in [-0.4, -0.2) is 5.91 Å². The van der Waals surface area contributed by atoms with Gasteiger partial charge in [-0.1, -0.05) is 30.1 Å². The maximum Gasteiger partial charge on any atom is 0.224 e. The molecule has 0 aliphatic carbocycles. The van der Waals surface area contributed by atoms with Gasteiger partial charge in [0.15, 0.2) is 0 Å². The molecule has 0 spiro atoms. The van der Waals surface area contributed by atoms with Crippen molar-refractivity contribution in [2.75, 3.05) is 10.6 Å². The second kappa shape index (κ2) is 7.16. The number of thiophene rings is 1. The van der Waals surface area contributed by atoms with E-state index in [1.54, 1.807) is 12.1 Å². The van der Waals surface area contributed by atoms with Gasteiger partial charge in [-0.05, 0) is 37.3 Å². The van der Waals surface area contributed by atoms with Crippen molar-refractivity contribution in [1.29, 1.82) is 0 Å². The first-order valence-electron chi connectivity index (χ1n) is 6.60. The van der Waals surface area contributed by atoms with E-state index in [1.807, 2.05) is 32.0 Å². The SMILES string of the molecule is CCC(=O)Nc1ccc(Cl)c(NC(C)c2ccc(Cl)s2)c1. The summed E-state index contributed by atoms with van der Waals surface area (Å²) in [6, 6.07) is 9.33.